The van der Waals surface area contributed by atoms with E-state index in [0.29, 0.717) is 16.7 Å². The smallest absolute Gasteiger partial charge is 0.247 e. The Kier molecular flexibility index (Phi) is 6.44. The molecule has 7 heteroatoms. The molecule has 5 rings (SSSR count). The van der Waals surface area contributed by atoms with Crippen LogP contribution in [0, 0.1) is 6.92 Å². The number of aromatic nitrogens is 3. The van der Waals surface area contributed by atoms with Gasteiger partial charge in [0.25, 0.3) is 0 Å². The predicted octanol–water partition coefficient (Wildman–Crippen LogP) is 5.99. The van der Waals surface area contributed by atoms with Crippen LogP contribution in [-0.2, 0) is 5.75 Å². The second-order valence-corrected chi connectivity index (χ2v) is 8.83. The van der Waals surface area contributed by atoms with Crippen LogP contribution < -0.4 is 14.8 Å². The fourth-order valence-corrected chi connectivity index (χ4v) is 4.30. The van der Waals surface area contributed by atoms with Gasteiger partial charge in [0.1, 0.15) is 5.75 Å². The number of para-hydroxylation sites is 1. The number of benzene rings is 3. The summed E-state index contributed by atoms with van der Waals surface area (Å²) in [5.74, 6) is 2.04. The summed E-state index contributed by atoms with van der Waals surface area (Å²) in [4.78, 5) is 4.71. The predicted molar refractivity (Wildman–Crippen MR) is 136 cm³/mol. The van der Waals surface area contributed by atoms with Crippen LogP contribution >= 0.6 is 11.8 Å². The quantitative estimate of drug-likeness (QED) is 0.349. The summed E-state index contributed by atoms with van der Waals surface area (Å²) >= 11 is 1.54. The maximum absolute atomic E-state index is 6.26. The van der Waals surface area contributed by atoms with Crippen molar-refractivity contribution in [1.82, 2.24) is 15.2 Å². The first-order valence-corrected chi connectivity index (χ1v) is 11.9. The van der Waals surface area contributed by atoms with Crippen LogP contribution in [0.2, 0.25) is 0 Å². The molecule has 0 bridgehead atoms. The largest absolute Gasteiger partial charge is 0.497 e. The van der Waals surface area contributed by atoms with Gasteiger partial charge in [0, 0.05) is 17.0 Å². The fraction of sp³-hybridized carbons (Fsp3) is 0.148. The molecule has 0 amide bonds. The Morgan fingerprint density at radius 1 is 1.00 bits per heavy atom. The number of nitrogens with zero attached hydrogens (tertiary/aromatic N) is 3. The Hall–Kier alpha value is -3.84. The van der Waals surface area contributed by atoms with Crippen LogP contribution in [0.4, 0.5) is 5.69 Å². The average molecular weight is 469 g/mol. The highest BCUT2D eigenvalue weighted by Gasteiger charge is 2.23. The number of anilines is 1. The van der Waals surface area contributed by atoms with Gasteiger partial charge in [-0.2, -0.15) is 4.98 Å². The van der Waals surface area contributed by atoms with Gasteiger partial charge in [0.05, 0.1) is 7.11 Å². The van der Waals surface area contributed by atoms with Crippen LogP contribution in [0.15, 0.2) is 84.0 Å². The minimum absolute atomic E-state index is 0.420. The molecule has 0 fully saturated rings. The monoisotopic (exact) mass is 468 g/mol. The molecule has 1 aromatic heterocycles. The van der Waals surface area contributed by atoms with Crippen LogP contribution in [0.25, 0.3) is 17.3 Å². The maximum atomic E-state index is 6.26. The zero-order valence-corrected chi connectivity index (χ0v) is 19.8. The van der Waals surface area contributed by atoms with Crippen molar-refractivity contribution in [3.8, 4) is 22.9 Å². The van der Waals surface area contributed by atoms with Gasteiger partial charge in [-0.1, -0.05) is 78.0 Å². The van der Waals surface area contributed by atoms with Crippen molar-refractivity contribution in [3.63, 3.8) is 0 Å². The Morgan fingerprint density at radius 2 is 1.79 bits per heavy atom. The van der Waals surface area contributed by atoms with E-state index in [1.165, 1.54) is 11.1 Å². The molecule has 1 atom stereocenters. The number of hydrogen-bond donors (Lipinski definition) is 1. The molecule has 0 radical (unpaired) electrons. The molecule has 1 aliphatic rings. The van der Waals surface area contributed by atoms with Crippen molar-refractivity contribution in [1.29, 1.82) is 0 Å². The van der Waals surface area contributed by atoms with Gasteiger partial charge in [-0.25, -0.2) is 0 Å². The molecule has 1 N–H and O–H groups in total. The zero-order chi connectivity index (χ0) is 23.3. The molecule has 2 heterocycles. The lowest BCUT2D eigenvalue weighted by Gasteiger charge is -2.15. The van der Waals surface area contributed by atoms with E-state index < -0.39 is 6.23 Å². The summed E-state index contributed by atoms with van der Waals surface area (Å²) in [6.07, 6.45) is 3.55. The number of methoxy groups -OCH3 is 1. The van der Waals surface area contributed by atoms with Gasteiger partial charge < -0.3 is 14.8 Å². The Labute approximate surface area is 203 Å². The van der Waals surface area contributed by atoms with Crippen LogP contribution in [0.5, 0.6) is 11.6 Å². The van der Waals surface area contributed by atoms with Crippen LogP contribution in [0.3, 0.4) is 0 Å². The molecular formula is C27H24N4O2S. The van der Waals surface area contributed by atoms with Crippen molar-refractivity contribution < 1.29 is 9.47 Å². The van der Waals surface area contributed by atoms with E-state index in [4.69, 9.17) is 14.5 Å². The molecule has 170 valence electrons. The zero-order valence-electron chi connectivity index (χ0n) is 18.9. The maximum Gasteiger partial charge on any atom is 0.247 e. The first-order valence-electron chi connectivity index (χ1n) is 11.0. The van der Waals surface area contributed by atoms with Crippen molar-refractivity contribution in [2.75, 3.05) is 12.4 Å². The summed E-state index contributed by atoms with van der Waals surface area (Å²) in [6, 6.07) is 24.3. The van der Waals surface area contributed by atoms with Crippen LogP contribution in [-0.4, -0.2) is 28.5 Å². The molecule has 4 aromatic rings. The van der Waals surface area contributed by atoms with Gasteiger partial charge in [0.15, 0.2) is 11.9 Å². The lowest BCUT2D eigenvalue weighted by Crippen LogP contribution is -2.23. The number of ether oxygens (including phenoxy) is 2. The minimum atomic E-state index is -0.420. The van der Waals surface area contributed by atoms with Gasteiger partial charge in [-0.05, 0) is 42.3 Å². The van der Waals surface area contributed by atoms with Gasteiger partial charge >= 0.3 is 0 Å². The SMILES string of the molecule is COc1ccc(/C=C/[C@@H]2Nc3ccccc3-c3nnc(SCc4ccc(C)cc4)nc3O2)cc1. The number of thioether (sulfide) groups is 1. The number of aryl methyl sites for hydroxylation is 1. The molecule has 0 spiro atoms. The van der Waals surface area contributed by atoms with Gasteiger partial charge in [-0.3, -0.25) is 0 Å². The number of nitrogens with one attached hydrogen (secondary N) is 1. The third-order valence-corrected chi connectivity index (χ3v) is 6.33. The summed E-state index contributed by atoms with van der Waals surface area (Å²) in [6.45, 7) is 2.08. The van der Waals surface area contributed by atoms with E-state index >= 15 is 0 Å². The highest BCUT2D eigenvalue weighted by molar-refractivity contribution is 7.98. The molecule has 6 nitrogen and oxygen atoms in total. The first kappa shape index (κ1) is 22.0. The molecule has 0 unspecified atom stereocenters. The third kappa shape index (κ3) is 5.05. The molecule has 34 heavy (non-hydrogen) atoms. The normalized spacial score (nSPS) is 14.5. The Morgan fingerprint density at radius 3 is 2.59 bits per heavy atom. The minimum Gasteiger partial charge on any atom is -0.497 e. The van der Waals surface area contributed by atoms with Gasteiger partial charge in [-0.15, -0.1) is 10.2 Å². The fourth-order valence-electron chi connectivity index (χ4n) is 3.56. The molecule has 1 aliphatic heterocycles. The highest BCUT2D eigenvalue weighted by Crippen LogP contribution is 2.36. The first-order chi connectivity index (χ1) is 16.7. The van der Waals surface area contributed by atoms with Crippen molar-refractivity contribution >= 4 is 23.5 Å². The molecule has 3 aromatic carbocycles. The third-order valence-electron chi connectivity index (χ3n) is 5.42. The molecule has 0 aliphatic carbocycles. The number of hydrogen-bond acceptors (Lipinski definition) is 7. The van der Waals surface area contributed by atoms with E-state index in [1.807, 2.05) is 60.7 Å². The van der Waals surface area contributed by atoms with E-state index in [-0.39, 0.29) is 0 Å². The molecule has 0 saturated carbocycles. The van der Waals surface area contributed by atoms with E-state index in [1.54, 1.807) is 18.9 Å². The average Bonchev–Trinajstić information content (AvgIpc) is 3.03. The van der Waals surface area contributed by atoms with E-state index in [0.717, 1.165) is 28.3 Å². The lowest BCUT2D eigenvalue weighted by atomic mass is 10.1. The number of fused-ring (bicyclic) bond motifs is 3. The number of rotatable bonds is 6. The summed E-state index contributed by atoms with van der Waals surface area (Å²) in [7, 11) is 1.66. The standard InChI is InChI=1S/C27H24N4O2S/c1-18-7-9-20(10-8-18)17-34-27-29-26-25(30-31-27)22-5-3-4-6-23(22)28-24(33-26)16-13-19-11-14-21(32-2)15-12-19/h3-16,24,28H,17H2,1-2H3/b16-13+/t24-/m1/s1. The topological polar surface area (TPSA) is 69.2 Å². The molecule has 0 saturated heterocycles. The van der Waals surface area contributed by atoms with Crippen molar-refractivity contribution in [2.45, 2.75) is 24.1 Å². The Bertz CT molecular complexity index is 1310. The summed E-state index contributed by atoms with van der Waals surface area (Å²) < 4.78 is 11.5. The highest BCUT2D eigenvalue weighted by atomic mass is 32.2. The lowest BCUT2D eigenvalue weighted by molar-refractivity contribution is 0.266. The second-order valence-electron chi connectivity index (χ2n) is 7.88. The summed E-state index contributed by atoms with van der Waals surface area (Å²) in [5, 5.41) is 12.9. The van der Waals surface area contributed by atoms with Crippen molar-refractivity contribution in [3.05, 3.63) is 95.6 Å². The van der Waals surface area contributed by atoms with Gasteiger partial charge in [0.2, 0.25) is 11.0 Å². The van der Waals surface area contributed by atoms with E-state index in [9.17, 15) is 0 Å². The summed E-state index contributed by atoms with van der Waals surface area (Å²) in [5.41, 5.74) is 5.95. The van der Waals surface area contributed by atoms with E-state index in [2.05, 4.69) is 46.7 Å². The van der Waals surface area contributed by atoms with Crippen molar-refractivity contribution in [2.24, 2.45) is 0 Å². The second kappa shape index (κ2) is 9.97. The molecular weight excluding hydrogens is 444 g/mol. The van der Waals surface area contributed by atoms with Crippen LogP contribution in [0.1, 0.15) is 16.7 Å². The Balaban J connectivity index is 1.40.